The summed E-state index contributed by atoms with van der Waals surface area (Å²) in [6.45, 7) is 4.81. The SMILES string of the molecule is CC(=O)NC(OC(C)=O)C(C)CCc1ccc(CCCCCc2ccccc2)s1. The van der Waals surface area contributed by atoms with Gasteiger partial charge in [-0.1, -0.05) is 43.7 Å². The molecule has 2 aromatic rings. The molecule has 0 aliphatic rings. The second kappa shape index (κ2) is 12.4. The summed E-state index contributed by atoms with van der Waals surface area (Å²) in [7, 11) is 0. The third-order valence-corrected chi connectivity index (χ3v) is 6.15. The number of benzene rings is 1. The fraction of sp³-hybridized carbons (Fsp3) is 0.500. The van der Waals surface area contributed by atoms with E-state index < -0.39 is 6.23 Å². The summed E-state index contributed by atoms with van der Waals surface area (Å²) < 4.78 is 5.26. The van der Waals surface area contributed by atoms with Crippen LogP contribution >= 0.6 is 11.3 Å². The minimum Gasteiger partial charge on any atom is -0.442 e. The highest BCUT2D eigenvalue weighted by molar-refractivity contribution is 7.11. The van der Waals surface area contributed by atoms with Crippen LogP contribution in [0.1, 0.15) is 61.8 Å². The van der Waals surface area contributed by atoms with Crippen molar-refractivity contribution in [1.82, 2.24) is 5.32 Å². The van der Waals surface area contributed by atoms with E-state index in [1.54, 1.807) is 0 Å². The molecule has 0 aliphatic heterocycles. The van der Waals surface area contributed by atoms with Crippen molar-refractivity contribution in [1.29, 1.82) is 0 Å². The summed E-state index contributed by atoms with van der Waals surface area (Å²) in [5.41, 5.74) is 1.42. The quantitative estimate of drug-likeness (QED) is 0.291. The van der Waals surface area contributed by atoms with Crippen LogP contribution in [0.15, 0.2) is 42.5 Å². The second-order valence-corrected chi connectivity index (χ2v) is 8.91. The molecule has 1 aromatic heterocycles. The van der Waals surface area contributed by atoms with Crippen molar-refractivity contribution in [3.63, 3.8) is 0 Å². The van der Waals surface area contributed by atoms with E-state index in [1.165, 1.54) is 48.4 Å². The van der Waals surface area contributed by atoms with Gasteiger partial charge >= 0.3 is 5.97 Å². The summed E-state index contributed by atoms with van der Waals surface area (Å²) in [4.78, 5) is 25.4. The maximum atomic E-state index is 11.3. The van der Waals surface area contributed by atoms with Gasteiger partial charge in [0, 0.05) is 29.5 Å². The first-order valence-corrected chi connectivity index (χ1v) is 11.3. The molecule has 1 N–H and O–H groups in total. The van der Waals surface area contributed by atoms with Crippen molar-refractivity contribution in [2.45, 2.75) is 71.9 Å². The molecule has 0 bridgehead atoms. The molecular weight excluding hydrogens is 382 g/mol. The third-order valence-electron chi connectivity index (χ3n) is 4.95. The number of aryl methyl sites for hydroxylation is 3. The highest BCUT2D eigenvalue weighted by Crippen LogP contribution is 2.23. The van der Waals surface area contributed by atoms with E-state index in [0.29, 0.717) is 0 Å². The lowest BCUT2D eigenvalue weighted by Gasteiger charge is -2.23. The highest BCUT2D eigenvalue weighted by Gasteiger charge is 2.21. The molecule has 0 saturated carbocycles. The minimum absolute atomic E-state index is 0.0614. The van der Waals surface area contributed by atoms with Gasteiger partial charge in [0.2, 0.25) is 5.91 Å². The number of amides is 1. The Kier molecular flexibility index (Phi) is 9.92. The number of carbonyl (C=O) groups excluding carboxylic acids is 2. The number of unbranched alkanes of at least 4 members (excludes halogenated alkanes) is 2. The normalized spacial score (nSPS) is 12.9. The Morgan fingerprint density at radius 1 is 0.931 bits per heavy atom. The van der Waals surface area contributed by atoms with Crippen LogP contribution < -0.4 is 5.32 Å². The van der Waals surface area contributed by atoms with Gasteiger partial charge in [-0.25, -0.2) is 0 Å². The Hall–Kier alpha value is -2.14. The van der Waals surface area contributed by atoms with Crippen molar-refractivity contribution in [3.05, 3.63) is 57.8 Å². The molecule has 0 saturated heterocycles. The molecular formula is C24H33NO3S. The van der Waals surface area contributed by atoms with E-state index in [-0.39, 0.29) is 17.8 Å². The first kappa shape index (κ1) is 23.1. The van der Waals surface area contributed by atoms with E-state index in [4.69, 9.17) is 4.74 Å². The molecule has 0 fully saturated rings. The van der Waals surface area contributed by atoms with Crippen molar-refractivity contribution in [3.8, 4) is 0 Å². The van der Waals surface area contributed by atoms with E-state index in [1.807, 2.05) is 18.3 Å². The van der Waals surface area contributed by atoms with E-state index >= 15 is 0 Å². The first-order chi connectivity index (χ1) is 13.9. The molecule has 4 nitrogen and oxygen atoms in total. The zero-order valence-electron chi connectivity index (χ0n) is 17.8. The number of rotatable bonds is 12. The fourth-order valence-corrected chi connectivity index (χ4v) is 4.40. The monoisotopic (exact) mass is 415 g/mol. The lowest BCUT2D eigenvalue weighted by molar-refractivity contribution is -0.152. The van der Waals surface area contributed by atoms with Gasteiger partial charge in [0.15, 0.2) is 6.23 Å². The molecule has 158 valence electrons. The maximum Gasteiger partial charge on any atom is 0.304 e. The summed E-state index contributed by atoms with van der Waals surface area (Å²) in [6, 6.07) is 15.1. The minimum atomic E-state index is -0.561. The molecule has 5 heteroatoms. The fourth-order valence-electron chi connectivity index (χ4n) is 3.33. The van der Waals surface area contributed by atoms with Gasteiger partial charge in [0.05, 0.1) is 0 Å². The number of carbonyl (C=O) groups is 2. The number of esters is 1. The Morgan fingerprint density at radius 3 is 2.24 bits per heavy atom. The number of hydrogen-bond acceptors (Lipinski definition) is 4. The zero-order chi connectivity index (χ0) is 21.1. The molecule has 1 amide bonds. The van der Waals surface area contributed by atoms with Crippen LogP contribution in [0.2, 0.25) is 0 Å². The molecule has 2 rings (SSSR count). The number of thiophene rings is 1. The van der Waals surface area contributed by atoms with Crippen LogP contribution in [0.25, 0.3) is 0 Å². The summed E-state index contributed by atoms with van der Waals surface area (Å²) in [5.74, 6) is -0.499. The van der Waals surface area contributed by atoms with Gasteiger partial charge < -0.3 is 10.1 Å². The number of hydrogen-bond donors (Lipinski definition) is 1. The Bertz CT molecular complexity index is 740. The first-order valence-electron chi connectivity index (χ1n) is 10.5. The summed E-state index contributed by atoms with van der Waals surface area (Å²) in [5, 5.41) is 2.73. The molecule has 0 radical (unpaired) electrons. The highest BCUT2D eigenvalue weighted by atomic mass is 32.1. The maximum absolute atomic E-state index is 11.3. The zero-order valence-corrected chi connectivity index (χ0v) is 18.6. The smallest absolute Gasteiger partial charge is 0.304 e. The second-order valence-electron chi connectivity index (χ2n) is 7.66. The largest absolute Gasteiger partial charge is 0.442 e. The lowest BCUT2D eigenvalue weighted by atomic mass is 10.0. The van der Waals surface area contributed by atoms with Gasteiger partial charge in [-0.05, 0) is 56.2 Å². The van der Waals surface area contributed by atoms with Crippen molar-refractivity contribution in [2.24, 2.45) is 5.92 Å². The molecule has 1 aromatic carbocycles. The lowest BCUT2D eigenvalue weighted by Crippen LogP contribution is -2.41. The van der Waals surface area contributed by atoms with E-state index in [0.717, 1.165) is 25.7 Å². The van der Waals surface area contributed by atoms with Crippen LogP contribution in [0.3, 0.4) is 0 Å². The van der Waals surface area contributed by atoms with Gasteiger partial charge in [-0.3, -0.25) is 9.59 Å². The van der Waals surface area contributed by atoms with Crippen LogP contribution in [0, 0.1) is 5.92 Å². The molecule has 1 heterocycles. The standard InChI is InChI=1S/C24H33NO3S/c1-18(24(25-19(2)26)28-20(3)27)14-15-23-17-16-22(29-23)13-9-5-8-12-21-10-6-4-7-11-21/h4,6-7,10-11,16-18,24H,5,8-9,12-15H2,1-3H3,(H,25,26). The van der Waals surface area contributed by atoms with Crippen molar-refractivity contribution in [2.75, 3.05) is 0 Å². The van der Waals surface area contributed by atoms with Gasteiger partial charge in [0.25, 0.3) is 0 Å². The molecule has 0 aliphatic carbocycles. The topological polar surface area (TPSA) is 55.4 Å². The summed E-state index contributed by atoms with van der Waals surface area (Å²) >= 11 is 1.87. The average Bonchev–Trinajstić information content (AvgIpc) is 3.13. The van der Waals surface area contributed by atoms with Crippen molar-refractivity contribution >= 4 is 23.2 Å². The Morgan fingerprint density at radius 2 is 1.59 bits per heavy atom. The van der Waals surface area contributed by atoms with Gasteiger partial charge in [0.1, 0.15) is 0 Å². The van der Waals surface area contributed by atoms with Crippen LogP contribution in [0.4, 0.5) is 0 Å². The van der Waals surface area contributed by atoms with Gasteiger partial charge in [-0.15, -0.1) is 11.3 Å². The average molecular weight is 416 g/mol. The molecule has 0 spiro atoms. The number of ether oxygens (including phenoxy) is 1. The predicted molar refractivity (Wildman–Crippen MR) is 119 cm³/mol. The van der Waals surface area contributed by atoms with Crippen LogP contribution in [0.5, 0.6) is 0 Å². The van der Waals surface area contributed by atoms with E-state index in [2.05, 4.69) is 47.8 Å². The van der Waals surface area contributed by atoms with Crippen LogP contribution in [-0.2, 0) is 33.6 Å². The Labute approximate surface area is 178 Å². The number of nitrogens with one attached hydrogen (secondary N) is 1. The molecule has 2 unspecified atom stereocenters. The van der Waals surface area contributed by atoms with Crippen LogP contribution in [-0.4, -0.2) is 18.1 Å². The van der Waals surface area contributed by atoms with Crippen molar-refractivity contribution < 1.29 is 14.3 Å². The predicted octanol–water partition coefficient (Wildman–Crippen LogP) is 5.30. The van der Waals surface area contributed by atoms with E-state index in [9.17, 15) is 9.59 Å². The Balaban J connectivity index is 1.69. The molecule has 2 atom stereocenters. The third kappa shape index (κ3) is 9.27. The molecule has 29 heavy (non-hydrogen) atoms. The summed E-state index contributed by atoms with van der Waals surface area (Å²) in [6.07, 6.45) is 7.23. The van der Waals surface area contributed by atoms with Gasteiger partial charge in [-0.2, -0.15) is 0 Å².